The van der Waals surface area contributed by atoms with Crippen LogP contribution in [0.4, 0.5) is 0 Å². The Hall–Kier alpha value is -3.20. The van der Waals surface area contributed by atoms with Gasteiger partial charge in [0.15, 0.2) is 11.5 Å². The molecule has 8 atom stereocenters. The van der Waals surface area contributed by atoms with Crippen molar-refractivity contribution in [1.29, 1.82) is 0 Å². The molecule has 300 valence electrons. The standard InChI is InChI=1S/C48H62N2O6/c1-49-25-24-48-36-19-20-40(51)46(48)56-45-41(21-17-33(44(45)48)28-38(36)49)55-43(53)15-7-5-3-2-4-6-14-42(52)54-34-18-16-32-27-39-35-13-8-9-22-47(35,37(32)29-34)23-26-50(39)30-31-11-10-12-31/h16-21,29,31,35-36,38-40,46,51H,2-15,22-28,30H2,1H3/t35-,36-,38+,39-,40-,46-,47-,48-/m0/s1. The van der Waals surface area contributed by atoms with Crippen molar-refractivity contribution < 1.29 is 28.9 Å². The first-order valence-corrected chi connectivity index (χ1v) is 22.5. The predicted molar refractivity (Wildman–Crippen MR) is 215 cm³/mol. The molecule has 1 N–H and O–H groups in total. The molecule has 3 heterocycles. The highest BCUT2D eigenvalue weighted by Gasteiger charge is 2.64. The van der Waals surface area contributed by atoms with Crippen LogP contribution in [0.1, 0.15) is 131 Å². The third kappa shape index (κ3) is 6.18. The molecule has 3 aliphatic heterocycles. The molecule has 2 aromatic rings. The average Bonchev–Trinajstić information content (AvgIpc) is 3.54. The largest absolute Gasteiger partial charge is 0.482 e. The monoisotopic (exact) mass is 762 g/mol. The van der Waals surface area contributed by atoms with E-state index < -0.39 is 6.10 Å². The van der Waals surface area contributed by atoms with Crippen LogP contribution < -0.4 is 14.2 Å². The normalized spacial score (nSPS) is 33.8. The fraction of sp³-hybridized carbons (Fsp3) is 0.667. The van der Waals surface area contributed by atoms with Crippen LogP contribution in [0.15, 0.2) is 42.5 Å². The molecule has 0 unspecified atom stereocenters. The van der Waals surface area contributed by atoms with Crippen molar-refractivity contribution >= 4 is 11.9 Å². The minimum Gasteiger partial charge on any atom is -0.482 e. The van der Waals surface area contributed by atoms with E-state index in [-0.39, 0.29) is 34.8 Å². The SMILES string of the molecule is CN1CC[C@]23c4c5ccc(OC(=O)CCCCCCCCC(=O)Oc6ccc7c(c6)[C@]68CCCC[C@H]6[C@H](C7)N(CC6CCC6)CC8)c4O[C@H]2[C@@H](O)C=C[C@H]3[C@H]1C5. The minimum absolute atomic E-state index is 0.125. The van der Waals surface area contributed by atoms with E-state index in [1.54, 1.807) is 0 Å². The van der Waals surface area contributed by atoms with E-state index in [4.69, 9.17) is 14.2 Å². The molecule has 8 nitrogen and oxygen atoms in total. The average molecular weight is 763 g/mol. The number of likely N-dealkylation sites (N-methyl/N-ethyl adjacent to an activating group) is 1. The molecule has 2 saturated carbocycles. The topological polar surface area (TPSA) is 88.5 Å². The molecule has 10 rings (SSSR count). The zero-order valence-electron chi connectivity index (χ0n) is 33.5. The molecule has 8 heteroatoms. The van der Waals surface area contributed by atoms with E-state index in [1.807, 2.05) is 18.2 Å². The van der Waals surface area contributed by atoms with Crippen LogP contribution in [0.3, 0.4) is 0 Å². The van der Waals surface area contributed by atoms with E-state index >= 15 is 0 Å². The van der Waals surface area contributed by atoms with E-state index in [0.717, 1.165) is 81.9 Å². The van der Waals surface area contributed by atoms with E-state index in [9.17, 15) is 14.7 Å². The van der Waals surface area contributed by atoms with Gasteiger partial charge in [-0.05, 0) is 131 Å². The number of unbranched alkanes of at least 4 members (excludes halogenated alkanes) is 5. The highest BCUT2D eigenvalue weighted by molar-refractivity contribution is 5.75. The molecule has 4 fully saturated rings. The van der Waals surface area contributed by atoms with Gasteiger partial charge in [0.1, 0.15) is 18.0 Å². The zero-order chi connectivity index (χ0) is 38.0. The van der Waals surface area contributed by atoms with Gasteiger partial charge >= 0.3 is 11.9 Å². The minimum atomic E-state index is -0.672. The summed E-state index contributed by atoms with van der Waals surface area (Å²) in [6, 6.07) is 11.7. The first-order chi connectivity index (χ1) is 27.3. The lowest BCUT2D eigenvalue weighted by atomic mass is 9.52. The summed E-state index contributed by atoms with van der Waals surface area (Å²) in [4.78, 5) is 31.3. The molecule has 0 amide bonds. The highest BCUT2D eigenvalue weighted by Crippen LogP contribution is 2.63. The summed E-state index contributed by atoms with van der Waals surface area (Å²) in [7, 11) is 2.20. The number of carbonyl (C=O) groups excluding carboxylic acids is 2. The van der Waals surface area contributed by atoms with Gasteiger partial charge in [0.25, 0.3) is 0 Å². The maximum atomic E-state index is 13.0. The number of hydrogen-bond acceptors (Lipinski definition) is 8. The second-order valence-electron chi connectivity index (χ2n) is 19.1. The van der Waals surface area contributed by atoms with E-state index in [2.05, 4.69) is 41.1 Å². The van der Waals surface area contributed by atoms with E-state index in [0.29, 0.717) is 36.4 Å². The number of aliphatic hydroxyl groups excluding tert-OH is 1. The van der Waals surface area contributed by atoms with Gasteiger partial charge < -0.3 is 24.2 Å². The molecule has 1 spiro atoms. The van der Waals surface area contributed by atoms with Crippen molar-refractivity contribution in [2.75, 3.05) is 26.7 Å². The smallest absolute Gasteiger partial charge is 0.311 e. The van der Waals surface area contributed by atoms with Crippen LogP contribution in [0, 0.1) is 17.8 Å². The van der Waals surface area contributed by atoms with Gasteiger partial charge in [0.05, 0.1) is 0 Å². The summed E-state index contributed by atoms with van der Waals surface area (Å²) in [5, 5.41) is 11.0. The number of likely N-dealkylation sites (tertiary alicyclic amines) is 2. The number of benzene rings is 2. The summed E-state index contributed by atoms with van der Waals surface area (Å²) in [6.45, 7) is 3.49. The molecular formula is C48H62N2O6. The van der Waals surface area contributed by atoms with Gasteiger partial charge in [0, 0.05) is 53.8 Å². The fourth-order valence-electron chi connectivity index (χ4n) is 13.3. The van der Waals surface area contributed by atoms with Crippen molar-refractivity contribution in [2.24, 2.45) is 17.8 Å². The Morgan fingerprint density at radius 3 is 2.39 bits per heavy atom. The number of ether oxygens (including phenoxy) is 3. The number of piperidine rings is 2. The van der Waals surface area contributed by atoms with Crippen LogP contribution in [0.5, 0.6) is 17.2 Å². The van der Waals surface area contributed by atoms with Crippen LogP contribution in [-0.2, 0) is 33.3 Å². The second kappa shape index (κ2) is 14.9. The van der Waals surface area contributed by atoms with Crippen LogP contribution >= 0.6 is 0 Å². The third-order valence-electron chi connectivity index (χ3n) is 16.2. The lowest BCUT2D eigenvalue weighted by Gasteiger charge is -2.59. The number of aliphatic hydroxyl groups is 1. The molecule has 56 heavy (non-hydrogen) atoms. The Kier molecular flexibility index (Phi) is 9.85. The van der Waals surface area contributed by atoms with Crippen molar-refractivity contribution in [3.05, 3.63) is 64.7 Å². The van der Waals surface area contributed by atoms with Gasteiger partial charge in [0.2, 0.25) is 0 Å². The molecule has 0 radical (unpaired) electrons. The third-order valence-corrected chi connectivity index (χ3v) is 16.2. The second-order valence-corrected chi connectivity index (χ2v) is 19.1. The first kappa shape index (κ1) is 37.1. The van der Waals surface area contributed by atoms with Crippen LogP contribution in [0.25, 0.3) is 0 Å². The summed E-state index contributed by atoms with van der Waals surface area (Å²) in [6.07, 6.45) is 23.3. The quantitative estimate of drug-likeness (QED) is 0.0952. The van der Waals surface area contributed by atoms with Crippen LogP contribution in [0.2, 0.25) is 0 Å². The molecule has 8 aliphatic rings. The summed E-state index contributed by atoms with van der Waals surface area (Å²) in [5.41, 5.74) is 5.42. The summed E-state index contributed by atoms with van der Waals surface area (Å²) < 4.78 is 18.5. The number of nitrogens with zero attached hydrogens (tertiary/aromatic N) is 2. The summed E-state index contributed by atoms with van der Waals surface area (Å²) >= 11 is 0. The Morgan fingerprint density at radius 1 is 0.821 bits per heavy atom. The Bertz CT molecular complexity index is 1870. The van der Waals surface area contributed by atoms with Gasteiger partial charge in [-0.15, -0.1) is 0 Å². The molecular weight excluding hydrogens is 701 g/mol. The van der Waals surface area contributed by atoms with Crippen LogP contribution in [-0.4, -0.2) is 77.8 Å². The lowest BCUT2D eigenvalue weighted by molar-refractivity contribution is -0.135. The van der Waals surface area contributed by atoms with Gasteiger partial charge in [-0.25, -0.2) is 0 Å². The van der Waals surface area contributed by atoms with Crippen molar-refractivity contribution in [2.45, 2.75) is 157 Å². The number of carbonyl (C=O) groups is 2. The maximum Gasteiger partial charge on any atom is 0.311 e. The fourth-order valence-corrected chi connectivity index (χ4v) is 13.3. The van der Waals surface area contributed by atoms with E-state index in [1.165, 1.54) is 86.7 Å². The van der Waals surface area contributed by atoms with Crippen molar-refractivity contribution in [3.63, 3.8) is 0 Å². The summed E-state index contributed by atoms with van der Waals surface area (Å²) in [5.74, 6) is 3.48. The number of hydrogen-bond donors (Lipinski definition) is 1. The maximum absolute atomic E-state index is 13.0. The molecule has 2 saturated heterocycles. The molecule has 4 bridgehead atoms. The molecule has 5 aliphatic carbocycles. The highest BCUT2D eigenvalue weighted by atomic mass is 16.6. The Labute approximate surface area is 333 Å². The van der Waals surface area contributed by atoms with Gasteiger partial charge in [-0.1, -0.05) is 69.2 Å². The predicted octanol–water partition coefficient (Wildman–Crippen LogP) is 7.98. The van der Waals surface area contributed by atoms with Crippen molar-refractivity contribution in [3.8, 4) is 17.2 Å². The first-order valence-electron chi connectivity index (χ1n) is 22.5. The lowest BCUT2D eigenvalue weighted by Crippen LogP contribution is -2.64. The molecule has 2 aromatic carbocycles. The zero-order valence-corrected chi connectivity index (χ0v) is 33.5. The number of esters is 2. The van der Waals surface area contributed by atoms with Gasteiger partial charge in [-0.3, -0.25) is 14.5 Å². The number of fused-ring (bicyclic) bond motifs is 1. The van der Waals surface area contributed by atoms with Crippen molar-refractivity contribution in [1.82, 2.24) is 9.80 Å². The van der Waals surface area contributed by atoms with Gasteiger partial charge in [-0.2, -0.15) is 0 Å². The Balaban J connectivity index is 0.668. The number of rotatable bonds is 13. The Morgan fingerprint density at radius 2 is 1.59 bits per heavy atom. The molecule has 0 aromatic heterocycles.